The molecule has 1 unspecified atom stereocenters. The van der Waals surface area contributed by atoms with E-state index in [1.807, 2.05) is 18.4 Å². The lowest BCUT2D eigenvalue weighted by Crippen LogP contribution is -2.47. The van der Waals surface area contributed by atoms with Gasteiger partial charge in [-0.1, -0.05) is 0 Å². The fourth-order valence-electron chi connectivity index (χ4n) is 2.59. The van der Waals surface area contributed by atoms with Crippen molar-refractivity contribution in [2.45, 2.75) is 31.9 Å². The minimum atomic E-state index is -0.430. The Labute approximate surface area is 127 Å². The average molecular weight is 303 g/mol. The first-order valence-electron chi connectivity index (χ1n) is 7.00. The molecule has 6 heteroatoms. The van der Waals surface area contributed by atoms with Crippen LogP contribution >= 0.6 is 11.3 Å². The number of piperidine rings is 1. The first-order valence-corrected chi connectivity index (χ1v) is 7.88. The van der Waals surface area contributed by atoms with E-state index in [1.165, 1.54) is 11.3 Å². The molecule has 1 aliphatic rings. The molecule has 2 aromatic rings. The van der Waals surface area contributed by atoms with Crippen LogP contribution in [0.1, 0.15) is 30.1 Å². The van der Waals surface area contributed by atoms with Gasteiger partial charge in [-0.15, -0.1) is 11.3 Å². The molecule has 2 aromatic heterocycles. The van der Waals surface area contributed by atoms with Crippen LogP contribution in [0.15, 0.2) is 29.9 Å². The Morgan fingerprint density at radius 3 is 2.90 bits per heavy atom. The maximum Gasteiger partial charge on any atom is 0.255 e. The highest BCUT2D eigenvalue weighted by atomic mass is 32.1. The number of hydrogen-bond donors (Lipinski definition) is 1. The second-order valence-electron chi connectivity index (χ2n) is 5.27. The van der Waals surface area contributed by atoms with Gasteiger partial charge in [0.15, 0.2) is 5.82 Å². The molecule has 0 bridgehead atoms. The topological polar surface area (TPSA) is 66.3 Å². The lowest BCUT2D eigenvalue weighted by atomic mass is 10.0. The summed E-state index contributed by atoms with van der Waals surface area (Å²) in [6.45, 7) is 2.42. The average Bonchev–Trinajstić information content (AvgIpc) is 2.99. The van der Waals surface area contributed by atoms with Gasteiger partial charge in [-0.05, 0) is 37.3 Å². The Bertz CT molecular complexity index is 629. The third kappa shape index (κ3) is 2.82. The number of aromatic nitrogens is 2. The van der Waals surface area contributed by atoms with E-state index in [9.17, 15) is 9.90 Å². The molecule has 5 nitrogen and oxygen atoms in total. The van der Waals surface area contributed by atoms with Crippen LogP contribution in [0.25, 0.3) is 10.7 Å². The molecule has 0 aromatic carbocycles. The molecule has 2 atom stereocenters. The van der Waals surface area contributed by atoms with Gasteiger partial charge in [0.2, 0.25) is 0 Å². The number of aliphatic hydroxyl groups excluding tert-OH is 1. The van der Waals surface area contributed by atoms with E-state index in [4.69, 9.17) is 0 Å². The van der Waals surface area contributed by atoms with Crippen molar-refractivity contribution < 1.29 is 9.90 Å². The molecular formula is C15H17N3O2S. The van der Waals surface area contributed by atoms with Crippen molar-refractivity contribution in [1.29, 1.82) is 0 Å². The Morgan fingerprint density at radius 1 is 1.38 bits per heavy atom. The number of hydrogen-bond acceptors (Lipinski definition) is 5. The van der Waals surface area contributed by atoms with E-state index in [0.29, 0.717) is 17.9 Å². The molecular weight excluding hydrogens is 286 g/mol. The van der Waals surface area contributed by atoms with E-state index < -0.39 is 6.10 Å². The van der Waals surface area contributed by atoms with Gasteiger partial charge >= 0.3 is 0 Å². The predicted molar refractivity (Wildman–Crippen MR) is 81.1 cm³/mol. The first-order chi connectivity index (χ1) is 10.2. The molecule has 0 spiro atoms. The summed E-state index contributed by atoms with van der Waals surface area (Å²) in [6, 6.07) is 3.71. The molecule has 3 heterocycles. The highest BCUT2D eigenvalue weighted by Crippen LogP contribution is 2.29. The van der Waals surface area contributed by atoms with Crippen LogP contribution in [0.3, 0.4) is 0 Å². The van der Waals surface area contributed by atoms with Gasteiger partial charge in [0, 0.05) is 25.0 Å². The summed E-state index contributed by atoms with van der Waals surface area (Å²) in [5, 5.41) is 11.7. The van der Waals surface area contributed by atoms with Crippen molar-refractivity contribution in [2.75, 3.05) is 6.54 Å². The van der Waals surface area contributed by atoms with Crippen molar-refractivity contribution in [2.24, 2.45) is 0 Å². The van der Waals surface area contributed by atoms with Crippen LogP contribution in [0.4, 0.5) is 0 Å². The van der Waals surface area contributed by atoms with Crippen LogP contribution in [0, 0.1) is 0 Å². The van der Waals surface area contributed by atoms with Crippen molar-refractivity contribution in [1.82, 2.24) is 14.9 Å². The van der Waals surface area contributed by atoms with Crippen molar-refractivity contribution in [3.8, 4) is 10.7 Å². The summed E-state index contributed by atoms with van der Waals surface area (Å²) < 4.78 is 0. The summed E-state index contributed by atoms with van der Waals surface area (Å²) in [5.74, 6) is 0.519. The lowest BCUT2D eigenvalue weighted by molar-refractivity contribution is 0.0310. The molecule has 0 saturated carbocycles. The molecule has 0 radical (unpaired) electrons. The molecule has 3 rings (SSSR count). The summed E-state index contributed by atoms with van der Waals surface area (Å²) >= 11 is 1.46. The summed E-state index contributed by atoms with van der Waals surface area (Å²) in [6.07, 6.45) is 4.49. The fourth-order valence-corrected chi connectivity index (χ4v) is 3.43. The van der Waals surface area contributed by atoms with Crippen molar-refractivity contribution in [3.05, 3.63) is 35.5 Å². The van der Waals surface area contributed by atoms with Crippen molar-refractivity contribution in [3.63, 3.8) is 0 Å². The van der Waals surface area contributed by atoms with E-state index in [1.54, 1.807) is 23.4 Å². The van der Waals surface area contributed by atoms with Gasteiger partial charge < -0.3 is 10.0 Å². The number of likely N-dealkylation sites (tertiary alicyclic amines) is 1. The molecule has 1 amide bonds. The van der Waals surface area contributed by atoms with Crippen LogP contribution < -0.4 is 0 Å². The summed E-state index contributed by atoms with van der Waals surface area (Å²) in [7, 11) is 0. The zero-order valence-corrected chi connectivity index (χ0v) is 12.6. The quantitative estimate of drug-likeness (QED) is 0.923. The van der Waals surface area contributed by atoms with Gasteiger partial charge in [0.05, 0.1) is 16.5 Å². The molecule has 21 heavy (non-hydrogen) atoms. The van der Waals surface area contributed by atoms with Gasteiger partial charge in [-0.3, -0.25) is 4.79 Å². The minimum absolute atomic E-state index is 0.0510. The molecule has 1 aliphatic heterocycles. The number of aliphatic hydroxyl groups is 1. The Morgan fingerprint density at radius 2 is 2.14 bits per heavy atom. The Balaban J connectivity index is 1.91. The fraction of sp³-hybridized carbons (Fsp3) is 0.400. The minimum Gasteiger partial charge on any atom is -0.391 e. The highest BCUT2D eigenvalue weighted by molar-refractivity contribution is 7.13. The van der Waals surface area contributed by atoms with Crippen LogP contribution in [0.5, 0.6) is 0 Å². The van der Waals surface area contributed by atoms with Crippen LogP contribution in [-0.2, 0) is 0 Å². The number of amides is 1. The van der Waals surface area contributed by atoms with Gasteiger partial charge in [-0.25, -0.2) is 9.97 Å². The van der Waals surface area contributed by atoms with Gasteiger partial charge in [-0.2, -0.15) is 0 Å². The van der Waals surface area contributed by atoms with Crippen molar-refractivity contribution >= 4 is 17.2 Å². The zero-order valence-electron chi connectivity index (χ0n) is 11.8. The molecule has 1 fully saturated rings. The Kier molecular flexibility index (Phi) is 3.98. The van der Waals surface area contributed by atoms with Crippen LogP contribution in [0.2, 0.25) is 0 Å². The monoisotopic (exact) mass is 303 g/mol. The Hall–Kier alpha value is -1.79. The lowest BCUT2D eigenvalue weighted by Gasteiger charge is -2.36. The van der Waals surface area contributed by atoms with Crippen LogP contribution in [-0.4, -0.2) is 44.6 Å². The first kappa shape index (κ1) is 14.2. The standard InChI is InChI=1S/C15H17N3O2S/c1-10-3-4-11(19)9-18(10)15(20)12-5-8-21-13(12)14-16-6-2-7-17-14/h2,5-8,10-11,19H,3-4,9H2,1H3/t10-,11?/m1/s1. The zero-order chi connectivity index (χ0) is 14.8. The second-order valence-corrected chi connectivity index (χ2v) is 6.19. The molecule has 1 saturated heterocycles. The number of nitrogens with zero attached hydrogens (tertiary/aromatic N) is 3. The predicted octanol–water partition coefficient (Wildman–Crippen LogP) is 2.19. The SMILES string of the molecule is C[C@@H]1CCC(O)CN1C(=O)c1ccsc1-c1ncccn1. The number of carbonyl (C=O) groups excluding carboxylic acids is 1. The summed E-state index contributed by atoms with van der Waals surface area (Å²) in [5.41, 5.74) is 0.618. The molecule has 110 valence electrons. The van der Waals surface area contributed by atoms with Gasteiger partial charge in [0.1, 0.15) is 0 Å². The van der Waals surface area contributed by atoms with E-state index in [2.05, 4.69) is 9.97 Å². The van der Waals surface area contributed by atoms with Gasteiger partial charge in [0.25, 0.3) is 5.91 Å². The third-order valence-corrected chi connectivity index (χ3v) is 4.69. The third-order valence-electron chi connectivity index (χ3n) is 3.78. The summed E-state index contributed by atoms with van der Waals surface area (Å²) in [4.78, 5) is 23.8. The number of β-amino-alcohol motifs (C(OH)–C–C–N with tert-alkyl or cyclic N) is 1. The second kappa shape index (κ2) is 5.91. The molecule has 1 N–H and O–H groups in total. The largest absolute Gasteiger partial charge is 0.391 e. The number of rotatable bonds is 2. The maximum absolute atomic E-state index is 12.8. The number of carbonyl (C=O) groups is 1. The normalized spacial score (nSPS) is 22.3. The molecule has 0 aliphatic carbocycles. The number of thiophene rings is 1. The van der Waals surface area contributed by atoms with E-state index in [0.717, 1.165) is 17.7 Å². The highest BCUT2D eigenvalue weighted by Gasteiger charge is 2.30. The van der Waals surface area contributed by atoms with E-state index >= 15 is 0 Å². The maximum atomic E-state index is 12.8. The van der Waals surface area contributed by atoms with E-state index in [-0.39, 0.29) is 11.9 Å². The smallest absolute Gasteiger partial charge is 0.255 e.